The first-order valence-corrected chi connectivity index (χ1v) is 9.58. The Morgan fingerprint density at radius 1 is 1.16 bits per heavy atom. The molecule has 0 aliphatic heterocycles. The van der Waals surface area contributed by atoms with E-state index in [1.165, 1.54) is 10.9 Å². The molecule has 0 aliphatic carbocycles. The molecule has 1 aromatic carbocycles. The van der Waals surface area contributed by atoms with Gasteiger partial charge in [0.15, 0.2) is 12.4 Å². The van der Waals surface area contributed by atoms with Crippen molar-refractivity contribution in [2.75, 3.05) is 0 Å². The lowest BCUT2D eigenvalue weighted by molar-refractivity contribution is -0.140. The Labute approximate surface area is 184 Å². The number of aromatic nitrogens is 5. The van der Waals surface area contributed by atoms with E-state index in [0.717, 1.165) is 6.07 Å². The zero-order chi connectivity index (χ0) is 22.2. The van der Waals surface area contributed by atoms with Crippen LogP contribution in [-0.2, 0) is 12.8 Å². The lowest BCUT2D eigenvalue weighted by Crippen LogP contribution is -2.08. The van der Waals surface area contributed by atoms with Gasteiger partial charge in [-0.3, -0.25) is 0 Å². The van der Waals surface area contributed by atoms with E-state index in [2.05, 4.69) is 36.2 Å². The summed E-state index contributed by atoms with van der Waals surface area (Å²) in [5.74, 6) is -1.25. The van der Waals surface area contributed by atoms with Gasteiger partial charge in [0.2, 0.25) is 0 Å². The van der Waals surface area contributed by atoms with Gasteiger partial charge in [-0.1, -0.05) is 11.6 Å². The quantitative estimate of drug-likeness (QED) is 0.326. The fourth-order valence-corrected chi connectivity index (χ4v) is 3.15. The zero-order valence-corrected chi connectivity index (χ0v) is 17.4. The lowest BCUT2D eigenvalue weighted by Gasteiger charge is -2.10. The Morgan fingerprint density at radius 3 is 2.71 bits per heavy atom. The number of benzene rings is 1. The van der Waals surface area contributed by atoms with Crippen molar-refractivity contribution in [3.63, 3.8) is 0 Å². The van der Waals surface area contributed by atoms with Gasteiger partial charge in [0.05, 0.1) is 10.6 Å². The molecule has 0 spiro atoms. The van der Waals surface area contributed by atoms with E-state index in [1.807, 2.05) is 0 Å². The Kier molecular flexibility index (Phi) is 5.67. The van der Waals surface area contributed by atoms with Gasteiger partial charge >= 0.3 is 6.18 Å². The number of ether oxygens (including phenoxy) is 1. The van der Waals surface area contributed by atoms with Crippen molar-refractivity contribution in [2.45, 2.75) is 12.8 Å². The summed E-state index contributed by atoms with van der Waals surface area (Å²) in [6, 6.07) is 7.18. The summed E-state index contributed by atoms with van der Waals surface area (Å²) in [4.78, 5) is 4.18. The van der Waals surface area contributed by atoms with E-state index in [-0.39, 0.29) is 24.1 Å². The predicted molar refractivity (Wildman–Crippen MR) is 103 cm³/mol. The molecule has 0 saturated heterocycles. The van der Waals surface area contributed by atoms with Crippen LogP contribution in [0.3, 0.4) is 0 Å². The smallest absolute Gasteiger partial charge is 0.419 e. The molecule has 0 fully saturated rings. The SMILES string of the molecule is Fc1ccc(OCc2nnc(-c3cc(Br)nn3-c3ncccc3Cl)o2)cc1C(F)(F)F. The Morgan fingerprint density at radius 2 is 1.97 bits per heavy atom. The van der Waals surface area contributed by atoms with Gasteiger partial charge in [-0.05, 0) is 46.3 Å². The molecule has 13 heteroatoms. The van der Waals surface area contributed by atoms with Crippen molar-refractivity contribution in [3.05, 3.63) is 69.5 Å². The van der Waals surface area contributed by atoms with Crippen LogP contribution in [0.4, 0.5) is 17.6 Å². The molecule has 0 N–H and O–H groups in total. The topological polar surface area (TPSA) is 78.9 Å². The summed E-state index contributed by atoms with van der Waals surface area (Å²) in [6.45, 7) is -0.338. The van der Waals surface area contributed by atoms with Crippen LogP contribution in [0.15, 0.2) is 51.6 Å². The maximum atomic E-state index is 13.4. The van der Waals surface area contributed by atoms with Crippen molar-refractivity contribution >= 4 is 27.5 Å². The number of rotatable bonds is 5. The van der Waals surface area contributed by atoms with E-state index >= 15 is 0 Å². The van der Waals surface area contributed by atoms with E-state index in [9.17, 15) is 17.6 Å². The van der Waals surface area contributed by atoms with Crippen molar-refractivity contribution in [1.82, 2.24) is 25.0 Å². The van der Waals surface area contributed by atoms with Gasteiger partial charge < -0.3 is 9.15 Å². The Bertz CT molecular complexity index is 1240. The van der Waals surface area contributed by atoms with Crippen LogP contribution in [0, 0.1) is 5.82 Å². The molecular formula is C18H9BrClF4N5O2. The first kappa shape index (κ1) is 21.2. The van der Waals surface area contributed by atoms with Crippen LogP contribution in [0.2, 0.25) is 5.02 Å². The van der Waals surface area contributed by atoms with Crippen molar-refractivity contribution in [1.29, 1.82) is 0 Å². The molecule has 7 nitrogen and oxygen atoms in total. The average molecular weight is 519 g/mol. The first-order chi connectivity index (χ1) is 14.7. The van der Waals surface area contributed by atoms with Gasteiger partial charge in [-0.25, -0.2) is 14.1 Å². The summed E-state index contributed by atoms with van der Waals surface area (Å²) in [7, 11) is 0. The van der Waals surface area contributed by atoms with E-state index < -0.39 is 17.6 Å². The molecule has 0 unspecified atom stereocenters. The summed E-state index contributed by atoms with van der Waals surface area (Å²) < 4.78 is 64.5. The minimum atomic E-state index is -4.85. The highest BCUT2D eigenvalue weighted by molar-refractivity contribution is 9.10. The molecular weight excluding hydrogens is 510 g/mol. The molecule has 0 radical (unpaired) electrons. The summed E-state index contributed by atoms with van der Waals surface area (Å²) in [5.41, 5.74) is -1.07. The van der Waals surface area contributed by atoms with Gasteiger partial charge in [0.1, 0.15) is 21.9 Å². The third kappa shape index (κ3) is 4.54. The van der Waals surface area contributed by atoms with Crippen LogP contribution in [0.5, 0.6) is 5.75 Å². The number of pyridine rings is 1. The first-order valence-electron chi connectivity index (χ1n) is 8.41. The molecule has 160 valence electrons. The molecule has 3 heterocycles. The Hall–Kier alpha value is -2.99. The molecule has 0 aliphatic rings. The van der Waals surface area contributed by atoms with Crippen LogP contribution in [0.25, 0.3) is 17.4 Å². The van der Waals surface area contributed by atoms with Crippen molar-refractivity contribution in [3.8, 4) is 23.2 Å². The number of hydrogen-bond donors (Lipinski definition) is 0. The molecule has 3 aromatic heterocycles. The largest absolute Gasteiger partial charge is 0.484 e. The average Bonchev–Trinajstić information content (AvgIpc) is 3.33. The minimum absolute atomic E-state index is 0.0242. The van der Waals surface area contributed by atoms with E-state index in [0.29, 0.717) is 33.3 Å². The summed E-state index contributed by atoms with van der Waals surface area (Å²) in [5, 5.41) is 12.3. The van der Waals surface area contributed by atoms with Gasteiger partial charge in [-0.2, -0.15) is 18.3 Å². The van der Waals surface area contributed by atoms with Gasteiger partial charge in [-0.15, -0.1) is 10.2 Å². The molecule has 4 aromatic rings. The van der Waals surface area contributed by atoms with Gasteiger partial charge in [0, 0.05) is 12.3 Å². The third-order valence-corrected chi connectivity index (χ3v) is 4.59. The maximum Gasteiger partial charge on any atom is 0.419 e. The van der Waals surface area contributed by atoms with Gasteiger partial charge in [0.25, 0.3) is 11.8 Å². The normalized spacial score (nSPS) is 11.7. The fourth-order valence-electron chi connectivity index (χ4n) is 2.57. The second kappa shape index (κ2) is 8.27. The second-order valence-electron chi connectivity index (χ2n) is 6.00. The van der Waals surface area contributed by atoms with Crippen LogP contribution >= 0.6 is 27.5 Å². The zero-order valence-electron chi connectivity index (χ0n) is 15.1. The Balaban J connectivity index is 1.56. The highest BCUT2D eigenvalue weighted by atomic mass is 79.9. The summed E-state index contributed by atoms with van der Waals surface area (Å²) >= 11 is 9.43. The van der Waals surface area contributed by atoms with Crippen LogP contribution < -0.4 is 4.74 Å². The van der Waals surface area contributed by atoms with Crippen LogP contribution in [0.1, 0.15) is 11.5 Å². The number of hydrogen-bond acceptors (Lipinski definition) is 6. The molecule has 0 amide bonds. The highest BCUT2D eigenvalue weighted by Crippen LogP contribution is 2.34. The third-order valence-electron chi connectivity index (χ3n) is 3.91. The second-order valence-corrected chi connectivity index (χ2v) is 7.22. The molecule has 0 bridgehead atoms. The number of alkyl halides is 3. The minimum Gasteiger partial charge on any atom is -0.484 e. The number of nitrogens with zero attached hydrogens (tertiary/aromatic N) is 5. The molecule has 0 saturated carbocycles. The van der Waals surface area contributed by atoms with E-state index in [1.54, 1.807) is 18.2 Å². The predicted octanol–water partition coefficient (Wildman–Crippen LogP) is 5.47. The van der Waals surface area contributed by atoms with E-state index in [4.69, 9.17) is 20.8 Å². The summed E-state index contributed by atoms with van der Waals surface area (Å²) in [6.07, 6.45) is -3.31. The molecule has 0 atom stereocenters. The van der Waals surface area contributed by atoms with Crippen molar-refractivity contribution < 1.29 is 26.7 Å². The highest BCUT2D eigenvalue weighted by Gasteiger charge is 2.34. The maximum absolute atomic E-state index is 13.4. The lowest BCUT2D eigenvalue weighted by atomic mass is 10.2. The standard InChI is InChI=1S/C18H9BrClF4N5O2/c19-14-7-13(29(28-14)16-11(20)2-1-5-25-16)17-27-26-15(31-17)8-30-9-3-4-12(21)10(6-9)18(22,23)24/h1-7H,8H2. The van der Waals surface area contributed by atoms with Crippen molar-refractivity contribution in [2.24, 2.45) is 0 Å². The molecule has 31 heavy (non-hydrogen) atoms. The molecule has 4 rings (SSSR count). The van der Waals surface area contributed by atoms with Crippen LogP contribution in [-0.4, -0.2) is 25.0 Å². The number of halogens is 6. The monoisotopic (exact) mass is 517 g/mol. The fraction of sp³-hybridized carbons (Fsp3) is 0.111.